The van der Waals surface area contributed by atoms with Crippen molar-refractivity contribution < 1.29 is 0 Å². The van der Waals surface area contributed by atoms with Gasteiger partial charge in [-0.3, -0.25) is 4.90 Å². The van der Waals surface area contributed by atoms with Gasteiger partial charge in [0.05, 0.1) is 6.04 Å². The lowest BCUT2D eigenvalue weighted by molar-refractivity contribution is 0.261. The minimum atomic E-state index is 0.480. The fourth-order valence-electron chi connectivity index (χ4n) is 3.12. The first-order valence-corrected chi connectivity index (χ1v) is 6.95. The molecular weight excluding hydrogens is 212 g/mol. The predicted octanol–water partition coefficient (Wildman–Crippen LogP) is 2.02. The molecule has 0 saturated carbocycles. The van der Waals surface area contributed by atoms with Gasteiger partial charge in [-0.05, 0) is 38.3 Å². The summed E-state index contributed by atoms with van der Waals surface area (Å²) in [7, 11) is 0. The minimum absolute atomic E-state index is 0.480. The van der Waals surface area contributed by atoms with Crippen molar-refractivity contribution in [2.45, 2.75) is 52.1 Å². The van der Waals surface area contributed by atoms with Crippen LogP contribution in [0.2, 0.25) is 0 Å². The molecule has 0 aliphatic carbocycles. The maximum Gasteiger partial charge on any atom is 0.168 e. The van der Waals surface area contributed by atoms with Crippen LogP contribution in [0.5, 0.6) is 0 Å². The summed E-state index contributed by atoms with van der Waals surface area (Å²) < 4.78 is 2.14. The van der Waals surface area contributed by atoms with Crippen LogP contribution < -0.4 is 0 Å². The highest BCUT2D eigenvalue weighted by Crippen LogP contribution is 2.30. The van der Waals surface area contributed by atoms with E-state index >= 15 is 0 Å². The third-order valence-corrected chi connectivity index (χ3v) is 4.20. The maximum absolute atomic E-state index is 4.79. The van der Waals surface area contributed by atoms with Crippen molar-refractivity contribution in [2.24, 2.45) is 5.92 Å². The lowest BCUT2D eigenvalue weighted by Gasteiger charge is -2.19. The SMILES string of the molecule is CCN1CCCC1c1nc2n(n1)CCC(C)C2. The van der Waals surface area contributed by atoms with E-state index in [1.807, 2.05) is 0 Å². The van der Waals surface area contributed by atoms with Gasteiger partial charge >= 0.3 is 0 Å². The summed E-state index contributed by atoms with van der Waals surface area (Å²) >= 11 is 0. The van der Waals surface area contributed by atoms with Gasteiger partial charge in [0.2, 0.25) is 0 Å². The molecule has 0 N–H and O–H groups in total. The van der Waals surface area contributed by atoms with Gasteiger partial charge in [0.1, 0.15) is 5.82 Å². The van der Waals surface area contributed by atoms with Gasteiger partial charge in [0, 0.05) is 13.0 Å². The first-order valence-electron chi connectivity index (χ1n) is 6.95. The standard InChI is InChI=1S/C13H22N4/c1-3-16-7-4-5-11(16)13-14-12-9-10(2)6-8-17(12)15-13/h10-11H,3-9H2,1-2H3. The smallest absolute Gasteiger partial charge is 0.168 e. The Morgan fingerprint density at radius 1 is 1.29 bits per heavy atom. The predicted molar refractivity (Wildman–Crippen MR) is 66.7 cm³/mol. The van der Waals surface area contributed by atoms with E-state index in [1.165, 1.54) is 31.6 Å². The second kappa shape index (κ2) is 4.41. The molecule has 1 fully saturated rings. The summed E-state index contributed by atoms with van der Waals surface area (Å²) in [6.07, 6.45) is 4.87. The fourth-order valence-corrected chi connectivity index (χ4v) is 3.12. The zero-order valence-electron chi connectivity index (χ0n) is 10.9. The third kappa shape index (κ3) is 1.99. The molecule has 1 saturated heterocycles. The molecule has 0 aromatic carbocycles. The Morgan fingerprint density at radius 2 is 2.18 bits per heavy atom. The Balaban J connectivity index is 1.84. The van der Waals surface area contributed by atoms with E-state index in [1.54, 1.807) is 0 Å². The average molecular weight is 234 g/mol. The van der Waals surface area contributed by atoms with Crippen LogP contribution in [0, 0.1) is 5.92 Å². The van der Waals surface area contributed by atoms with Crippen LogP contribution in [0.25, 0.3) is 0 Å². The van der Waals surface area contributed by atoms with Gasteiger partial charge in [-0.2, -0.15) is 5.10 Å². The Morgan fingerprint density at radius 3 is 3.00 bits per heavy atom. The average Bonchev–Trinajstić information content (AvgIpc) is 2.93. The molecule has 94 valence electrons. The minimum Gasteiger partial charge on any atom is -0.294 e. The van der Waals surface area contributed by atoms with Crippen molar-refractivity contribution in [1.82, 2.24) is 19.7 Å². The lowest BCUT2D eigenvalue weighted by Crippen LogP contribution is -2.23. The Hall–Kier alpha value is -0.900. The highest BCUT2D eigenvalue weighted by Gasteiger charge is 2.29. The van der Waals surface area contributed by atoms with Crippen LogP contribution >= 0.6 is 0 Å². The van der Waals surface area contributed by atoms with E-state index in [0.717, 1.165) is 31.3 Å². The molecule has 2 aliphatic heterocycles. The molecule has 2 unspecified atom stereocenters. The zero-order chi connectivity index (χ0) is 11.8. The molecule has 2 atom stereocenters. The van der Waals surface area contributed by atoms with Gasteiger partial charge in [0.25, 0.3) is 0 Å². The van der Waals surface area contributed by atoms with Crippen LogP contribution in [0.3, 0.4) is 0 Å². The molecule has 0 radical (unpaired) electrons. The van der Waals surface area contributed by atoms with E-state index < -0.39 is 0 Å². The molecule has 17 heavy (non-hydrogen) atoms. The van der Waals surface area contributed by atoms with Crippen LogP contribution in [-0.2, 0) is 13.0 Å². The van der Waals surface area contributed by atoms with Crippen LogP contribution in [0.1, 0.15) is 50.8 Å². The zero-order valence-corrected chi connectivity index (χ0v) is 10.9. The number of aryl methyl sites for hydroxylation is 1. The second-order valence-electron chi connectivity index (χ2n) is 5.49. The molecule has 0 spiro atoms. The largest absolute Gasteiger partial charge is 0.294 e. The molecule has 4 nitrogen and oxygen atoms in total. The maximum atomic E-state index is 4.79. The summed E-state index contributed by atoms with van der Waals surface area (Å²) in [5.74, 6) is 3.06. The van der Waals surface area contributed by atoms with Gasteiger partial charge in [0.15, 0.2) is 5.82 Å². The lowest BCUT2D eigenvalue weighted by atomic mass is 10.0. The molecule has 3 heterocycles. The second-order valence-corrected chi connectivity index (χ2v) is 5.49. The van der Waals surface area contributed by atoms with Gasteiger partial charge in [-0.15, -0.1) is 0 Å². The molecule has 0 bridgehead atoms. The number of hydrogen-bond donors (Lipinski definition) is 0. The topological polar surface area (TPSA) is 34.0 Å². The van der Waals surface area contributed by atoms with Gasteiger partial charge < -0.3 is 0 Å². The van der Waals surface area contributed by atoms with Crippen LogP contribution in [0.15, 0.2) is 0 Å². The number of rotatable bonds is 2. The third-order valence-electron chi connectivity index (χ3n) is 4.20. The molecule has 3 rings (SSSR count). The van der Waals surface area contributed by atoms with E-state index in [0.29, 0.717) is 6.04 Å². The molecule has 1 aromatic heterocycles. The van der Waals surface area contributed by atoms with Crippen molar-refractivity contribution in [1.29, 1.82) is 0 Å². The van der Waals surface area contributed by atoms with Gasteiger partial charge in [-0.1, -0.05) is 13.8 Å². The molecule has 4 heteroatoms. The van der Waals surface area contributed by atoms with E-state index in [2.05, 4.69) is 23.4 Å². The number of nitrogens with zero attached hydrogens (tertiary/aromatic N) is 4. The summed E-state index contributed by atoms with van der Waals surface area (Å²) in [6, 6.07) is 0.480. The Kier molecular flexibility index (Phi) is 2.90. The number of fused-ring (bicyclic) bond motifs is 1. The van der Waals surface area contributed by atoms with Crippen molar-refractivity contribution in [3.8, 4) is 0 Å². The molecular formula is C13H22N4. The van der Waals surface area contributed by atoms with Crippen LogP contribution in [0.4, 0.5) is 0 Å². The quantitative estimate of drug-likeness (QED) is 0.785. The summed E-state index contributed by atoms with van der Waals surface area (Å²) in [5, 5.41) is 4.73. The van der Waals surface area contributed by atoms with E-state index in [9.17, 15) is 0 Å². The van der Waals surface area contributed by atoms with Crippen LogP contribution in [-0.4, -0.2) is 32.8 Å². The normalized spacial score (nSPS) is 29.5. The Labute approximate surface area is 103 Å². The Bertz CT molecular complexity index is 398. The number of hydrogen-bond acceptors (Lipinski definition) is 3. The first-order chi connectivity index (χ1) is 8.28. The first kappa shape index (κ1) is 11.2. The molecule has 2 aliphatic rings. The van der Waals surface area contributed by atoms with E-state index in [-0.39, 0.29) is 0 Å². The summed E-state index contributed by atoms with van der Waals surface area (Å²) in [4.78, 5) is 7.30. The van der Waals surface area contributed by atoms with E-state index in [4.69, 9.17) is 10.1 Å². The van der Waals surface area contributed by atoms with Crippen molar-refractivity contribution in [2.75, 3.05) is 13.1 Å². The molecule has 0 amide bonds. The monoisotopic (exact) mass is 234 g/mol. The summed E-state index contributed by atoms with van der Waals surface area (Å²) in [5.41, 5.74) is 0. The van der Waals surface area contributed by atoms with Gasteiger partial charge in [-0.25, -0.2) is 9.67 Å². The van der Waals surface area contributed by atoms with Crippen molar-refractivity contribution >= 4 is 0 Å². The number of aromatic nitrogens is 3. The molecule has 1 aromatic rings. The van der Waals surface area contributed by atoms with Crippen molar-refractivity contribution in [3.63, 3.8) is 0 Å². The highest BCUT2D eigenvalue weighted by atomic mass is 15.4. The highest BCUT2D eigenvalue weighted by molar-refractivity contribution is 5.03. The fraction of sp³-hybridized carbons (Fsp3) is 0.846. The van der Waals surface area contributed by atoms with Crippen molar-refractivity contribution in [3.05, 3.63) is 11.6 Å². The number of likely N-dealkylation sites (tertiary alicyclic amines) is 1. The summed E-state index contributed by atoms with van der Waals surface area (Å²) in [6.45, 7) is 7.93.